The van der Waals surface area contributed by atoms with Crippen molar-refractivity contribution in [3.8, 4) is 5.75 Å². The van der Waals surface area contributed by atoms with Gasteiger partial charge in [-0.25, -0.2) is 0 Å². The largest absolute Gasteiger partial charge is 0.496 e. The van der Waals surface area contributed by atoms with E-state index >= 15 is 0 Å². The molecule has 1 aromatic carbocycles. The molecule has 2 aromatic rings. The van der Waals surface area contributed by atoms with Crippen LogP contribution in [0.5, 0.6) is 5.75 Å². The summed E-state index contributed by atoms with van der Waals surface area (Å²) >= 11 is 0. The van der Waals surface area contributed by atoms with Crippen LogP contribution >= 0.6 is 0 Å². The van der Waals surface area contributed by atoms with Crippen molar-refractivity contribution in [3.05, 3.63) is 53.0 Å². The second-order valence-electron chi connectivity index (χ2n) is 5.40. The van der Waals surface area contributed by atoms with Crippen molar-refractivity contribution in [2.75, 3.05) is 7.11 Å². The number of aliphatic hydroxyl groups excluding tert-OH is 1. The summed E-state index contributed by atoms with van der Waals surface area (Å²) in [6.45, 7) is 6.54. The van der Waals surface area contributed by atoms with E-state index in [0.717, 1.165) is 28.2 Å². The first-order chi connectivity index (χ1) is 10.0. The zero-order valence-corrected chi connectivity index (χ0v) is 13.0. The van der Waals surface area contributed by atoms with E-state index in [2.05, 4.69) is 11.4 Å². The second-order valence-corrected chi connectivity index (χ2v) is 5.40. The van der Waals surface area contributed by atoms with Gasteiger partial charge in [0.1, 0.15) is 11.5 Å². The number of nitrogens with one attached hydrogen (secondary N) is 1. The lowest BCUT2D eigenvalue weighted by Crippen LogP contribution is -2.32. The van der Waals surface area contributed by atoms with Crippen molar-refractivity contribution in [2.24, 2.45) is 0 Å². The summed E-state index contributed by atoms with van der Waals surface area (Å²) in [4.78, 5) is 0. The molecule has 0 radical (unpaired) electrons. The summed E-state index contributed by atoms with van der Waals surface area (Å²) in [6.07, 6.45) is 0.999. The Morgan fingerprint density at radius 3 is 2.71 bits per heavy atom. The lowest BCUT2D eigenvalue weighted by atomic mass is 9.97. The number of aryl methyl sites for hydroxylation is 2. The third kappa shape index (κ3) is 3.65. The molecule has 4 nitrogen and oxygen atoms in total. The molecular formula is C17H23NO3. The minimum absolute atomic E-state index is 0.120. The standard InChI is InChI=1S/C17H23NO3/c1-11-8-12(2)17(20-4)15(9-11)16(19)13(3)18-10-14-6-5-7-21-14/h5-9,13,16,18-19H,10H2,1-4H3. The van der Waals surface area contributed by atoms with Gasteiger partial charge in [0, 0.05) is 11.6 Å². The van der Waals surface area contributed by atoms with Crippen LogP contribution in [0.3, 0.4) is 0 Å². The van der Waals surface area contributed by atoms with Crippen molar-refractivity contribution in [1.29, 1.82) is 0 Å². The Labute approximate surface area is 125 Å². The van der Waals surface area contributed by atoms with Crippen LogP contribution in [0, 0.1) is 13.8 Å². The molecule has 0 aliphatic heterocycles. The minimum Gasteiger partial charge on any atom is -0.496 e. The molecular weight excluding hydrogens is 266 g/mol. The molecule has 114 valence electrons. The van der Waals surface area contributed by atoms with Gasteiger partial charge in [-0.3, -0.25) is 0 Å². The predicted molar refractivity (Wildman–Crippen MR) is 82.4 cm³/mol. The Morgan fingerprint density at radius 1 is 1.33 bits per heavy atom. The number of aliphatic hydroxyl groups is 1. The number of methoxy groups -OCH3 is 1. The van der Waals surface area contributed by atoms with Gasteiger partial charge in [-0.05, 0) is 44.5 Å². The monoisotopic (exact) mass is 289 g/mol. The van der Waals surface area contributed by atoms with Gasteiger partial charge < -0.3 is 19.6 Å². The fourth-order valence-electron chi connectivity index (χ4n) is 2.54. The van der Waals surface area contributed by atoms with E-state index in [-0.39, 0.29) is 6.04 Å². The van der Waals surface area contributed by atoms with E-state index in [0.29, 0.717) is 6.54 Å². The van der Waals surface area contributed by atoms with Gasteiger partial charge in [0.15, 0.2) is 0 Å². The SMILES string of the molecule is COc1c(C)cc(C)cc1C(O)C(C)NCc1ccco1. The fraction of sp³-hybridized carbons (Fsp3) is 0.412. The van der Waals surface area contributed by atoms with E-state index < -0.39 is 6.10 Å². The average Bonchev–Trinajstić information content (AvgIpc) is 2.96. The van der Waals surface area contributed by atoms with Crippen LogP contribution in [0.2, 0.25) is 0 Å². The molecule has 1 aromatic heterocycles. The number of ether oxygens (including phenoxy) is 1. The first-order valence-electron chi connectivity index (χ1n) is 7.12. The van der Waals surface area contributed by atoms with Crippen LogP contribution in [-0.2, 0) is 6.54 Å². The minimum atomic E-state index is -0.645. The normalized spacial score (nSPS) is 14.0. The van der Waals surface area contributed by atoms with E-state index in [4.69, 9.17) is 9.15 Å². The molecule has 2 N–H and O–H groups in total. The Morgan fingerprint density at radius 2 is 2.10 bits per heavy atom. The Bertz CT molecular complexity index is 578. The predicted octanol–water partition coefficient (Wildman–Crippen LogP) is 3.12. The number of furan rings is 1. The second kappa shape index (κ2) is 6.78. The number of hydrogen-bond acceptors (Lipinski definition) is 4. The van der Waals surface area contributed by atoms with Gasteiger partial charge >= 0.3 is 0 Å². The van der Waals surface area contributed by atoms with E-state index in [1.807, 2.05) is 39.0 Å². The van der Waals surface area contributed by atoms with Gasteiger partial charge in [0.25, 0.3) is 0 Å². The summed E-state index contributed by atoms with van der Waals surface area (Å²) in [5.41, 5.74) is 2.96. The van der Waals surface area contributed by atoms with Crippen molar-refractivity contribution in [1.82, 2.24) is 5.32 Å². The molecule has 2 rings (SSSR count). The van der Waals surface area contributed by atoms with Gasteiger partial charge in [-0.2, -0.15) is 0 Å². The zero-order valence-electron chi connectivity index (χ0n) is 13.0. The van der Waals surface area contributed by atoms with Gasteiger partial charge in [-0.15, -0.1) is 0 Å². The molecule has 4 heteroatoms. The molecule has 0 aliphatic rings. The van der Waals surface area contributed by atoms with Crippen molar-refractivity contribution >= 4 is 0 Å². The molecule has 0 spiro atoms. The first-order valence-corrected chi connectivity index (χ1v) is 7.12. The average molecular weight is 289 g/mol. The maximum absolute atomic E-state index is 10.6. The molecule has 1 heterocycles. The molecule has 21 heavy (non-hydrogen) atoms. The van der Waals surface area contributed by atoms with Crippen LogP contribution < -0.4 is 10.1 Å². The van der Waals surface area contributed by atoms with Gasteiger partial charge in [0.05, 0.1) is 26.0 Å². The van der Waals surface area contributed by atoms with Crippen molar-refractivity contribution in [3.63, 3.8) is 0 Å². The Hall–Kier alpha value is -1.78. The summed E-state index contributed by atoms with van der Waals surface area (Å²) in [7, 11) is 1.63. The first kappa shape index (κ1) is 15.6. The lowest BCUT2D eigenvalue weighted by Gasteiger charge is -2.23. The van der Waals surface area contributed by atoms with Crippen LogP contribution in [-0.4, -0.2) is 18.3 Å². The Kier molecular flexibility index (Phi) is 5.04. The fourth-order valence-corrected chi connectivity index (χ4v) is 2.54. The molecule has 0 bridgehead atoms. The molecule has 2 atom stereocenters. The zero-order chi connectivity index (χ0) is 15.4. The number of rotatable bonds is 6. The summed E-state index contributed by atoms with van der Waals surface area (Å²) in [5.74, 6) is 1.60. The molecule has 0 fully saturated rings. The van der Waals surface area contributed by atoms with Crippen molar-refractivity contribution < 1.29 is 14.3 Å². The summed E-state index contributed by atoms with van der Waals surface area (Å²) < 4.78 is 10.7. The third-order valence-electron chi connectivity index (χ3n) is 3.62. The highest BCUT2D eigenvalue weighted by molar-refractivity contribution is 5.45. The van der Waals surface area contributed by atoms with Crippen LogP contribution in [0.15, 0.2) is 34.9 Å². The quantitative estimate of drug-likeness (QED) is 0.858. The van der Waals surface area contributed by atoms with E-state index in [9.17, 15) is 5.11 Å². The molecule has 0 amide bonds. The lowest BCUT2D eigenvalue weighted by molar-refractivity contribution is 0.130. The third-order valence-corrected chi connectivity index (χ3v) is 3.62. The van der Waals surface area contributed by atoms with Crippen molar-refractivity contribution in [2.45, 2.75) is 39.5 Å². The maximum Gasteiger partial charge on any atom is 0.127 e. The van der Waals surface area contributed by atoms with Crippen LogP contribution in [0.25, 0.3) is 0 Å². The van der Waals surface area contributed by atoms with E-state index in [1.54, 1.807) is 13.4 Å². The van der Waals surface area contributed by atoms with Crippen LogP contribution in [0.1, 0.15) is 35.5 Å². The topological polar surface area (TPSA) is 54.6 Å². The number of benzene rings is 1. The smallest absolute Gasteiger partial charge is 0.127 e. The molecule has 0 aliphatic carbocycles. The highest BCUT2D eigenvalue weighted by atomic mass is 16.5. The highest BCUT2D eigenvalue weighted by Crippen LogP contribution is 2.31. The van der Waals surface area contributed by atoms with Gasteiger partial charge in [0.2, 0.25) is 0 Å². The number of hydrogen-bond donors (Lipinski definition) is 2. The van der Waals surface area contributed by atoms with Gasteiger partial charge in [-0.1, -0.05) is 11.6 Å². The summed E-state index contributed by atoms with van der Waals surface area (Å²) in [6, 6.07) is 7.66. The molecule has 0 saturated heterocycles. The summed E-state index contributed by atoms with van der Waals surface area (Å²) in [5, 5.41) is 13.9. The Balaban J connectivity index is 2.13. The molecule has 0 saturated carbocycles. The van der Waals surface area contributed by atoms with E-state index in [1.165, 1.54) is 0 Å². The highest BCUT2D eigenvalue weighted by Gasteiger charge is 2.21. The molecule has 2 unspecified atom stereocenters. The van der Waals surface area contributed by atoms with Crippen LogP contribution in [0.4, 0.5) is 0 Å². The maximum atomic E-state index is 10.6.